The maximum atomic E-state index is 14.0. The first-order valence-electron chi connectivity index (χ1n) is 8.84. The van der Waals surface area contributed by atoms with Gasteiger partial charge in [0.15, 0.2) is 11.6 Å². The van der Waals surface area contributed by atoms with E-state index < -0.39 is 5.82 Å². The van der Waals surface area contributed by atoms with Gasteiger partial charge in [-0.05, 0) is 48.2 Å². The van der Waals surface area contributed by atoms with Gasteiger partial charge in [-0.25, -0.2) is 9.37 Å². The maximum absolute atomic E-state index is 14.0. The van der Waals surface area contributed by atoms with Gasteiger partial charge in [-0.15, -0.1) is 11.3 Å². The lowest BCUT2D eigenvalue weighted by Crippen LogP contribution is -2.21. The van der Waals surface area contributed by atoms with Crippen molar-refractivity contribution < 1.29 is 9.13 Å². The third-order valence-electron chi connectivity index (χ3n) is 4.95. The van der Waals surface area contributed by atoms with Crippen molar-refractivity contribution in [2.75, 3.05) is 7.11 Å². The predicted molar refractivity (Wildman–Crippen MR) is 111 cm³/mol. The number of rotatable bonds is 4. The molecule has 0 saturated carbocycles. The SMILES string of the molecule is COc1ccc(Cn2cnc3scc(-c4ccc(C)c(C)c4)c3c2=O)cc1F. The molecular formula is C22H19FN2O2S. The number of nitrogens with zero attached hydrogens (tertiary/aromatic N) is 2. The average molecular weight is 394 g/mol. The molecule has 0 aliphatic carbocycles. The number of methoxy groups -OCH3 is 1. The van der Waals surface area contributed by atoms with E-state index in [0.29, 0.717) is 15.8 Å². The first-order valence-corrected chi connectivity index (χ1v) is 9.72. The number of aryl methyl sites for hydroxylation is 2. The van der Waals surface area contributed by atoms with Crippen LogP contribution in [0.1, 0.15) is 16.7 Å². The zero-order chi connectivity index (χ0) is 19.8. The lowest BCUT2D eigenvalue weighted by atomic mass is 10.0. The molecule has 0 aliphatic heterocycles. The van der Waals surface area contributed by atoms with Crippen LogP contribution < -0.4 is 10.3 Å². The molecule has 4 aromatic rings. The van der Waals surface area contributed by atoms with E-state index in [2.05, 4.69) is 31.0 Å². The van der Waals surface area contributed by atoms with Crippen molar-refractivity contribution >= 4 is 21.6 Å². The van der Waals surface area contributed by atoms with Gasteiger partial charge in [0, 0.05) is 10.9 Å². The summed E-state index contributed by atoms with van der Waals surface area (Å²) in [7, 11) is 1.42. The smallest absolute Gasteiger partial charge is 0.263 e. The van der Waals surface area contributed by atoms with E-state index in [0.717, 1.165) is 11.1 Å². The standard InChI is InChI=1S/C22H19FN2O2S/c1-13-4-6-16(8-14(13)2)17-11-28-21-20(17)22(26)25(12-24-21)10-15-5-7-19(27-3)18(23)9-15/h4-9,11-12H,10H2,1-3H3. The molecule has 2 aromatic carbocycles. The number of benzene rings is 2. The predicted octanol–water partition coefficient (Wildman–Crippen LogP) is 4.94. The van der Waals surface area contributed by atoms with Crippen LogP contribution in [0.4, 0.5) is 4.39 Å². The van der Waals surface area contributed by atoms with Crippen LogP contribution in [0.3, 0.4) is 0 Å². The molecule has 142 valence electrons. The van der Waals surface area contributed by atoms with Crippen LogP contribution in [0.15, 0.2) is 52.9 Å². The van der Waals surface area contributed by atoms with Crippen LogP contribution in [0, 0.1) is 19.7 Å². The number of thiophene rings is 1. The van der Waals surface area contributed by atoms with E-state index in [1.807, 2.05) is 11.4 Å². The van der Waals surface area contributed by atoms with Crippen molar-refractivity contribution in [2.45, 2.75) is 20.4 Å². The molecule has 0 N–H and O–H groups in total. The molecule has 2 aromatic heterocycles. The minimum Gasteiger partial charge on any atom is -0.494 e. The van der Waals surface area contributed by atoms with Crippen LogP contribution in [-0.2, 0) is 6.54 Å². The van der Waals surface area contributed by atoms with Crippen LogP contribution >= 0.6 is 11.3 Å². The van der Waals surface area contributed by atoms with Gasteiger partial charge in [0.25, 0.3) is 5.56 Å². The van der Waals surface area contributed by atoms with Crippen molar-refractivity contribution in [2.24, 2.45) is 0 Å². The monoisotopic (exact) mass is 394 g/mol. The molecule has 4 nitrogen and oxygen atoms in total. The summed E-state index contributed by atoms with van der Waals surface area (Å²) < 4.78 is 20.5. The summed E-state index contributed by atoms with van der Waals surface area (Å²) >= 11 is 1.45. The minimum atomic E-state index is -0.451. The zero-order valence-corrected chi connectivity index (χ0v) is 16.6. The highest BCUT2D eigenvalue weighted by Gasteiger charge is 2.14. The quantitative estimate of drug-likeness (QED) is 0.493. The fourth-order valence-electron chi connectivity index (χ4n) is 3.21. The summed E-state index contributed by atoms with van der Waals surface area (Å²) in [6.07, 6.45) is 1.52. The van der Waals surface area contributed by atoms with E-state index in [1.54, 1.807) is 12.1 Å². The van der Waals surface area contributed by atoms with Gasteiger partial charge in [-0.3, -0.25) is 9.36 Å². The van der Waals surface area contributed by atoms with Crippen molar-refractivity contribution in [3.05, 3.63) is 81.0 Å². The van der Waals surface area contributed by atoms with E-state index in [4.69, 9.17) is 4.74 Å². The van der Waals surface area contributed by atoms with Gasteiger partial charge in [0.2, 0.25) is 0 Å². The van der Waals surface area contributed by atoms with Crippen LogP contribution in [0.25, 0.3) is 21.3 Å². The first-order chi connectivity index (χ1) is 13.5. The molecule has 6 heteroatoms. The Kier molecular flexibility index (Phi) is 4.73. The van der Waals surface area contributed by atoms with E-state index >= 15 is 0 Å². The summed E-state index contributed by atoms with van der Waals surface area (Å²) in [5, 5.41) is 2.57. The Bertz CT molecular complexity index is 1240. The highest BCUT2D eigenvalue weighted by molar-refractivity contribution is 7.17. The van der Waals surface area contributed by atoms with Gasteiger partial charge >= 0.3 is 0 Å². The second-order valence-electron chi connectivity index (χ2n) is 6.78. The largest absolute Gasteiger partial charge is 0.494 e. The third-order valence-corrected chi connectivity index (χ3v) is 5.83. The second-order valence-corrected chi connectivity index (χ2v) is 7.63. The Balaban J connectivity index is 1.79. The molecule has 0 spiro atoms. The Labute approximate surface area is 165 Å². The van der Waals surface area contributed by atoms with Crippen molar-refractivity contribution in [3.8, 4) is 16.9 Å². The number of hydrogen-bond donors (Lipinski definition) is 0. The van der Waals surface area contributed by atoms with E-state index in [1.165, 1.54) is 46.5 Å². The molecule has 28 heavy (non-hydrogen) atoms. The fourth-order valence-corrected chi connectivity index (χ4v) is 4.11. The van der Waals surface area contributed by atoms with Gasteiger partial charge < -0.3 is 4.74 Å². The Morgan fingerprint density at radius 3 is 2.68 bits per heavy atom. The average Bonchev–Trinajstić information content (AvgIpc) is 3.11. The lowest BCUT2D eigenvalue weighted by molar-refractivity contribution is 0.386. The normalized spacial score (nSPS) is 11.1. The highest BCUT2D eigenvalue weighted by atomic mass is 32.1. The number of aromatic nitrogens is 2. The molecule has 0 radical (unpaired) electrons. The lowest BCUT2D eigenvalue weighted by Gasteiger charge is -2.09. The topological polar surface area (TPSA) is 44.1 Å². The summed E-state index contributed by atoms with van der Waals surface area (Å²) in [6.45, 7) is 4.36. The van der Waals surface area contributed by atoms with Crippen molar-refractivity contribution in [1.82, 2.24) is 9.55 Å². The van der Waals surface area contributed by atoms with E-state index in [9.17, 15) is 9.18 Å². The summed E-state index contributed by atoms with van der Waals surface area (Å²) in [4.78, 5) is 18.3. The molecule has 0 unspecified atom stereocenters. The zero-order valence-electron chi connectivity index (χ0n) is 15.8. The number of ether oxygens (including phenoxy) is 1. The summed E-state index contributed by atoms with van der Waals surface area (Å²) in [6, 6.07) is 10.9. The number of fused-ring (bicyclic) bond motifs is 1. The second kappa shape index (κ2) is 7.20. The molecule has 0 atom stereocenters. The van der Waals surface area contributed by atoms with Gasteiger partial charge in [0.05, 0.1) is 25.4 Å². The van der Waals surface area contributed by atoms with Crippen LogP contribution in [0.2, 0.25) is 0 Å². The number of hydrogen-bond acceptors (Lipinski definition) is 4. The summed E-state index contributed by atoms with van der Waals surface area (Å²) in [5.41, 5.74) is 4.81. The van der Waals surface area contributed by atoms with Crippen LogP contribution in [0.5, 0.6) is 5.75 Å². The molecule has 0 bridgehead atoms. The van der Waals surface area contributed by atoms with Gasteiger partial charge in [0.1, 0.15) is 4.83 Å². The molecule has 0 amide bonds. The van der Waals surface area contributed by atoms with Crippen molar-refractivity contribution in [3.63, 3.8) is 0 Å². The van der Waals surface area contributed by atoms with E-state index in [-0.39, 0.29) is 17.9 Å². The minimum absolute atomic E-state index is 0.129. The van der Waals surface area contributed by atoms with Gasteiger partial charge in [-0.2, -0.15) is 0 Å². The molecule has 0 saturated heterocycles. The molecule has 0 fully saturated rings. The third kappa shape index (κ3) is 3.20. The van der Waals surface area contributed by atoms with Crippen LogP contribution in [-0.4, -0.2) is 16.7 Å². The number of halogens is 1. The first kappa shape index (κ1) is 18.4. The maximum Gasteiger partial charge on any atom is 0.263 e. The molecule has 2 heterocycles. The Hall–Kier alpha value is -2.99. The fraction of sp³-hybridized carbons (Fsp3) is 0.182. The van der Waals surface area contributed by atoms with Crippen molar-refractivity contribution in [1.29, 1.82) is 0 Å². The molecule has 4 rings (SSSR count). The van der Waals surface area contributed by atoms with Gasteiger partial charge in [-0.1, -0.05) is 24.3 Å². The summed E-state index contributed by atoms with van der Waals surface area (Å²) in [5.74, 6) is -0.270. The molecule has 0 aliphatic rings. The Morgan fingerprint density at radius 1 is 1.14 bits per heavy atom. The molecular weight excluding hydrogens is 375 g/mol. The highest BCUT2D eigenvalue weighted by Crippen LogP contribution is 2.31. The Morgan fingerprint density at radius 2 is 1.96 bits per heavy atom.